The van der Waals surface area contributed by atoms with Crippen LogP contribution in [0.15, 0.2) is 35.3 Å². The van der Waals surface area contributed by atoms with Gasteiger partial charge in [-0.25, -0.2) is 0 Å². The first-order valence-corrected chi connectivity index (χ1v) is 8.98. The summed E-state index contributed by atoms with van der Waals surface area (Å²) in [5, 5.41) is 16.2. The van der Waals surface area contributed by atoms with Crippen molar-refractivity contribution >= 4 is 17.7 Å². The SMILES string of the molecule is CCNC(=NCC(C)(C)SC)NCC(CO)c1ccccc1. The van der Waals surface area contributed by atoms with Crippen molar-refractivity contribution in [2.24, 2.45) is 4.99 Å². The number of aliphatic imine (C=N–C) groups is 1. The second-order valence-electron chi connectivity index (χ2n) is 5.83. The first-order chi connectivity index (χ1) is 10.5. The van der Waals surface area contributed by atoms with Crippen LogP contribution in [-0.2, 0) is 0 Å². The molecule has 0 saturated heterocycles. The summed E-state index contributed by atoms with van der Waals surface area (Å²) in [7, 11) is 0. The fraction of sp³-hybridized carbons (Fsp3) is 0.588. The standard InChI is InChI=1S/C17H29N3OS/c1-5-18-16(20-13-17(2,3)22-4)19-11-15(12-21)14-9-7-6-8-10-14/h6-10,15,21H,5,11-13H2,1-4H3,(H2,18,19,20). The Morgan fingerprint density at radius 2 is 1.95 bits per heavy atom. The number of nitrogens with zero attached hydrogens (tertiary/aromatic N) is 1. The van der Waals surface area contributed by atoms with Gasteiger partial charge in [0.2, 0.25) is 0 Å². The predicted octanol–water partition coefficient (Wildman–Crippen LogP) is 2.46. The Morgan fingerprint density at radius 3 is 2.50 bits per heavy atom. The number of hydrogen-bond acceptors (Lipinski definition) is 3. The molecule has 0 amide bonds. The largest absolute Gasteiger partial charge is 0.396 e. The predicted molar refractivity (Wildman–Crippen MR) is 97.8 cm³/mol. The lowest BCUT2D eigenvalue weighted by Gasteiger charge is -2.21. The molecule has 22 heavy (non-hydrogen) atoms. The van der Waals surface area contributed by atoms with Gasteiger partial charge in [-0.05, 0) is 32.6 Å². The van der Waals surface area contributed by atoms with Gasteiger partial charge < -0.3 is 15.7 Å². The molecule has 0 heterocycles. The fourth-order valence-corrected chi connectivity index (χ4v) is 2.10. The van der Waals surface area contributed by atoms with Crippen molar-refractivity contribution in [3.05, 3.63) is 35.9 Å². The topological polar surface area (TPSA) is 56.7 Å². The van der Waals surface area contributed by atoms with Crippen LogP contribution in [0.25, 0.3) is 0 Å². The first kappa shape index (κ1) is 18.8. The molecular weight excluding hydrogens is 294 g/mol. The van der Waals surface area contributed by atoms with Gasteiger partial charge in [-0.3, -0.25) is 4.99 Å². The lowest BCUT2D eigenvalue weighted by molar-refractivity contribution is 0.265. The molecule has 0 fully saturated rings. The van der Waals surface area contributed by atoms with Gasteiger partial charge in [0.05, 0.1) is 13.2 Å². The summed E-state index contributed by atoms with van der Waals surface area (Å²) >= 11 is 1.81. The van der Waals surface area contributed by atoms with E-state index in [1.54, 1.807) is 0 Å². The number of aliphatic hydroxyl groups is 1. The summed E-state index contributed by atoms with van der Waals surface area (Å²) in [6.07, 6.45) is 2.10. The highest BCUT2D eigenvalue weighted by atomic mass is 32.2. The van der Waals surface area contributed by atoms with Crippen LogP contribution >= 0.6 is 11.8 Å². The molecule has 0 radical (unpaired) electrons. The highest BCUT2D eigenvalue weighted by Crippen LogP contribution is 2.21. The lowest BCUT2D eigenvalue weighted by atomic mass is 10.0. The molecule has 4 nitrogen and oxygen atoms in total. The maximum atomic E-state index is 9.62. The van der Waals surface area contributed by atoms with Crippen LogP contribution < -0.4 is 10.6 Å². The molecule has 1 atom stereocenters. The quantitative estimate of drug-likeness (QED) is 0.508. The van der Waals surface area contributed by atoms with E-state index in [2.05, 4.69) is 42.7 Å². The summed E-state index contributed by atoms with van der Waals surface area (Å²) in [5.41, 5.74) is 1.14. The van der Waals surface area contributed by atoms with Crippen LogP contribution in [-0.4, -0.2) is 48.3 Å². The summed E-state index contributed by atoms with van der Waals surface area (Å²) in [6, 6.07) is 10.1. The molecule has 0 aliphatic rings. The van der Waals surface area contributed by atoms with Crippen LogP contribution in [0.5, 0.6) is 0 Å². The molecule has 1 aromatic carbocycles. The molecule has 124 valence electrons. The third-order valence-electron chi connectivity index (χ3n) is 3.52. The Kier molecular flexibility index (Phi) is 8.35. The molecule has 1 unspecified atom stereocenters. The van der Waals surface area contributed by atoms with Crippen LogP contribution in [0.4, 0.5) is 0 Å². The minimum atomic E-state index is 0.0682. The molecule has 0 spiro atoms. The number of rotatable bonds is 8. The monoisotopic (exact) mass is 323 g/mol. The van der Waals surface area contributed by atoms with Crippen LogP contribution in [0, 0.1) is 0 Å². The van der Waals surface area contributed by atoms with E-state index in [-0.39, 0.29) is 17.3 Å². The van der Waals surface area contributed by atoms with Crippen molar-refractivity contribution in [2.45, 2.75) is 31.4 Å². The van der Waals surface area contributed by atoms with E-state index in [1.165, 1.54) is 0 Å². The molecule has 0 saturated carbocycles. The van der Waals surface area contributed by atoms with Crippen LogP contribution in [0.2, 0.25) is 0 Å². The van der Waals surface area contributed by atoms with E-state index in [0.717, 1.165) is 24.6 Å². The minimum absolute atomic E-state index is 0.0682. The number of benzene rings is 1. The third-order valence-corrected chi connectivity index (χ3v) is 4.76. The molecule has 1 aromatic rings. The summed E-state index contributed by atoms with van der Waals surface area (Å²) in [6.45, 7) is 8.77. The molecule has 3 N–H and O–H groups in total. The van der Waals surface area contributed by atoms with Gasteiger partial charge in [0.25, 0.3) is 0 Å². The first-order valence-electron chi connectivity index (χ1n) is 7.75. The zero-order valence-corrected chi connectivity index (χ0v) is 14.9. The maximum Gasteiger partial charge on any atom is 0.191 e. The van der Waals surface area contributed by atoms with Crippen molar-refractivity contribution in [2.75, 3.05) is 32.5 Å². The number of thioether (sulfide) groups is 1. The average Bonchev–Trinajstić information content (AvgIpc) is 2.54. The third kappa shape index (κ3) is 6.71. The van der Waals surface area contributed by atoms with Crippen molar-refractivity contribution in [3.63, 3.8) is 0 Å². The Bertz CT molecular complexity index is 448. The highest BCUT2D eigenvalue weighted by molar-refractivity contribution is 7.99. The average molecular weight is 324 g/mol. The summed E-state index contributed by atoms with van der Waals surface area (Å²) in [5.74, 6) is 0.873. The van der Waals surface area contributed by atoms with Gasteiger partial charge in [-0.1, -0.05) is 30.3 Å². The second kappa shape index (κ2) is 9.74. The van der Waals surface area contributed by atoms with Gasteiger partial charge in [0, 0.05) is 23.8 Å². The molecule has 0 aliphatic heterocycles. The highest BCUT2D eigenvalue weighted by Gasteiger charge is 2.16. The minimum Gasteiger partial charge on any atom is -0.396 e. The van der Waals surface area contributed by atoms with E-state index in [9.17, 15) is 5.11 Å². The number of nitrogens with one attached hydrogen (secondary N) is 2. The van der Waals surface area contributed by atoms with Crippen molar-refractivity contribution < 1.29 is 5.11 Å². The summed E-state index contributed by atoms with van der Waals surface area (Å²) in [4.78, 5) is 4.65. The van der Waals surface area contributed by atoms with Gasteiger partial charge in [0.1, 0.15) is 0 Å². The Morgan fingerprint density at radius 1 is 1.27 bits per heavy atom. The number of hydrogen-bond donors (Lipinski definition) is 3. The van der Waals surface area contributed by atoms with E-state index in [0.29, 0.717) is 6.54 Å². The van der Waals surface area contributed by atoms with E-state index < -0.39 is 0 Å². The molecule has 0 aliphatic carbocycles. The second-order valence-corrected chi connectivity index (χ2v) is 7.34. The van der Waals surface area contributed by atoms with Gasteiger partial charge in [0.15, 0.2) is 5.96 Å². The van der Waals surface area contributed by atoms with Crippen LogP contribution in [0.1, 0.15) is 32.3 Å². The maximum absolute atomic E-state index is 9.62. The molecule has 0 bridgehead atoms. The molecule has 0 aromatic heterocycles. The molecule has 1 rings (SSSR count). The Hall–Kier alpha value is -1.20. The van der Waals surface area contributed by atoms with E-state index in [4.69, 9.17) is 0 Å². The fourth-order valence-electron chi connectivity index (χ4n) is 1.91. The number of aliphatic hydroxyl groups excluding tert-OH is 1. The number of guanidine groups is 1. The van der Waals surface area contributed by atoms with E-state index >= 15 is 0 Å². The molecular formula is C17H29N3OS. The van der Waals surface area contributed by atoms with Crippen molar-refractivity contribution in [3.8, 4) is 0 Å². The lowest BCUT2D eigenvalue weighted by Crippen LogP contribution is -2.40. The zero-order chi connectivity index (χ0) is 16.4. The van der Waals surface area contributed by atoms with Crippen molar-refractivity contribution in [1.29, 1.82) is 0 Å². The Labute approximate surface area is 138 Å². The Balaban J connectivity index is 2.64. The molecule has 5 heteroatoms. The zero-order valence-electron chi connectivity index (χ0n) is 14.1. The van der Waals surface area contributed by atoms with Crippen molar-refractivity contribution in [1.82, 2.24) is 10.6 Å². The van der Waals surface area contributed by atoms with Gasteiger partial charge in [-0.2, -0.15) is 11.8 Å². The van der Waals surface area contributed by atoms with Gasteiger partial charge in [-0.15, -0.1) is 0 Å². The van der Waals surface area contributed by atoms with Gasteiger partial charge >= 0.3 is 0 Å². The smallest absolute Gasteiger partial charge is 0.191 e. The van der Waals surface area contributed by atoms with Crippen LogP contribution in [0.3, 0.4) is 0 Å². The summed E-state index contributed by atoms with van der Waals surface area (Å²) < 4.78 is 0.123. The normalized spacial score (nSPS) is 13.8. The van der Waals surface area contributed by atoms with E-state index in [1.807, 2.05) is 42.1 Å².